The lowest BCUT2D eigenvalue weighted by Crippen LogP contribution is -1.98. The molecule has 106 valence electrons. The Hall–Kier alpha value is -2.42. The van der Waals surface area contributed by atoms with Crippen LogP contribution in [0.3, 0.4) is 0 Å². The summed E-state index contributed by atoms with van der Waals surface area (Å²) < 4.78 is 5.31. The largest absolute Gasteiger partial charge is 0.356 e. The van der Waals surface area contributed by atoms with Gasteiger partial charge < -0.3 is 4.52 Å². The Morgan fingerprint density at radius 1 is 1.05 bits per heavy atom. The quantitative estimate of drug-likeness (QED) is 0.700. The van der Waals surface area contributed by atoms with Crippen molar-refractivity contribution in [3.05, 3.63) is 60.6 Å². The SMILES string of the molecule is CC(C)Cc1cc(-c2ccccc2)c(-c2ccno2)cn1. The Morgan fingerprint density at radius 3 is 2.52 bits per heavy atom. The van der Waals surface area contributed by atoms with E-state index in [0.29, 0.717) is 5.92 Å². The molecule has 0 amide bonds. The monoisotopic (exact) mass is 278 g/mol. The van der Waals surface area contributed by atoms with Crippen LogP contribution < -0.4 is 0 Å². The predicted molar refractivity (Wildman–Crippen MR) is 83.7 cm³/mol. The topological polar surface area (TPSA) is 38.9 Å². The molecule has 0 saturated carbocycles. The van der Waals surface area contributed by atoms with Gasteiger partial charge in [-0.25, -0.2) is 0 Å². The number of hydrogen-bond donors (Lipinski definition) is 0. The van der Waals surface area contributed by atoms with E-state index in [0.717, 1.165) is 34.6 Å². The molecule has 3 rings (SSSR count). The van der Waals surface area contributed by atoms with Crippen molar-refractivity contribution >= 4 is 0 Å². The molecule has 3 nitrogen and oxygen atoms in total. The first-order chi connectivity index (χ1) is 10.2. The molecular formula is C18H18N2O. The molecule has 0 atom stereocenters. The summed E-state index contributed by atoms with van der Waals surface area (Å²) in [4.78, 5) is 4.57. The fourth-order valence-corrected chi connectivity index (χ4v) is 2.44. The third-order valence-corrected chi connectivity index (χ3v) is 3.37. The van der Waals surface area contributed by atoms with Crippen molar-refractivity contribution in [3.8, 4) is 22.5 Å². The molecule has 0 fully saturated rings. The number of nitrogens with zero attached hydrogens (tertiary/aromatic N) is 2. The summed E-state index contributed by atoms with van der Waals surface area (Å²) in [6.45, 7) is 4.41. The molecule has 1 aromatic carbocycles. The summed E-state index contributed by atoms with van der Waals surface area (Å²) >= 11 is 0. The number of pyridine rings is 1. The number of benzene rings is 1. The molecule has 0 aliphatic heterocycles. The Balaban J connectivity index is 2.12. The minimum Gasteiger partial charge on any atom is -0.356 e. The molecule has 0 bridgehead atoms. The van der Waals surface area contributed by atoms with Gasteiger partial charge in [0.25, 0.3) is 0 Å². The standard InChI is InChI=1S/C18H18N2O/c1-13(2)10-15-11-16(14-6-4-3-5-7-14)17(12-19-15)18-8-9-20-21-18/h3-9,11-13H,10H2,1-2H3. The van der Waals surface area contributed by atoms with Crippen LogP contribution in [0, 0.1) is 5.92 Å². The van der Waals surface area contributed by atoms with Crippen LogP contribution in [0.2, 0.25) is 0 Å². The third-order valence-electron chi connectivity index (χ3n) is 3.37. The summed E-state index contributed by atoms with van der Waals surface area (Å²) in [5.41, 5.74) is 4.38. The Bertz CT molecular complexity index is 703. The fourth-order valence-electron chi connectivity index (χ4n) is 2.44. The summed E-state index contributed by atoms with van der Waals surface area (Å²) in [5.74, 6) is 1.33. The van der Waals surface area contributed by atoms with Gasteiger partial charge in [0.2, 0.25) is 0 Å². The van der Waals surface area contributed by atoms with Crippen molar-refractivity contribution in [2.75, 3.05) is 0 Å². The summed E-state index contributed by atoms with van der Waals surface area (Å²) in [6.07, 6.45) is 4.52. The first-order valence-corrected chi connectivity index (χ1v) is 7.19. The molecule has 0 saturated heterocycles. The molecule has 0 radical (unpaired) electrons. The van der Waals surface area contributed by atoms with E-state index in [4.69, 9.17) is 4.52 Å². The van der Waals surface area contributed by atoms with E-state index in [2.05, 4.69) is 42.2 Å². The molecule has 2 heterocycles. The lowest BCUT2D eigenvalue weighted by molar-refractivity contribution is 0.432. The Labute approximate surface area is 124 Å². The van der Waals surface area contributed by atoms with Gasteiger partial charge in [-0.05, 0) is 29.5 Å². The zero-order valence-electron chi connectivity index (χ0n) is 12.3. The summed E-state index contributed by atoms with van der Waals surface area (Å²) in [5, 5.41) is 3.80. The molecule has 3 heteroatoms. The Kier molecular flexibility index (Phi) is 3.82. The van der Waals surface area contributed by atoms with Crippen molar-refractivity contribution in [2.45, 2.75) is 20.3 Å². The minimum absolute atomic E-state index is 0.581. The number of hydrogen-bond acceptors (Lipinski definition) is 3. The molecule has 21 heavy (non-hydrogen) atoms. The van der Waals surface area contributed by atoms with Crippen molar-refractivity contribution in [2.24, 2.45) is 5.92 Å². The predicted octanol–water partition coefficient (Wildman–Crippen LogP) is 4.60. The maximum atomic E-state index is 5.31. The fraction of sp³-hybridized carbons (Fsp3) is 0.222. The molecule has 0 unspecified atom stereocenters. The van der Waals surface area contributed by atoms with E-state index in [-0.39, 0.29) is 0 Å². The molecule has 0 aliphatic rings. The van der Waals surface area contributed by atoms with Gasteiger partial charge in [-0.2, -0.15) is 0 Å². The molecular weight excluding hydrogens is 260 g/mol. The minimum atomic E-state index is 0.581. The van der Waals surface area contributed by atoms with Gasteiger partial charge in [0, 0.05) is 23.5 Å². The van der Waals surface area contributed by atoms with Crippen LogP contribution in [0.5, 0.6) is 0 Å². The highest BCUT2D eigenvalue weighted by Gasteiger charge is 2.12. The first kappa shape index (κ1) is 13.6. The summed E-state index contributed by atoms with van der Waals surface area (Å²) in [7, 11) is 0. The molecule has 0 N–H and O–H groups in total. The average molecular weight is 278 g/mol. The smallest absolute Gasteiger partial charge is 0.168 e. The van der Waals surface area contributed by atoms with Gasteiger partial charge in [-0.3, -0.25) is 4.98 Å². The van der Waals surface area contributed by atoms with E-state index < -0.39 is 0 Å². The zero-order chi connectivity index (χ0) is 14.7. The maximum absolute atomic E-state index is 5.31. The van der Waals surface area contributed by atoms with Crippen molar-refractivity contribution in [1.29, 1.82) is 0 Å². The van der Waals surface area contributed by atoms with Crippen molar-refractivity contribution in [3.63, 3.8) is 0 Å². The second-order valence-electron chi connectivity index (χ2n) is 5.56. The third kappa shape index (κ3) is 3.02. The van der Waals surface area contributed by atoms with Gasteiger partial charge >= 0.3 is 0 Å². The Morgan fingerprint density at radius 2 is 1.86 bits per heavy atom. The van der Waals surface area contributed by atoms with Crippen LogP contribution in [-0.4, -0.2) is 10.1 Å². The van der Waals surface area contributed by atoms with E-state index in [1.54, 1.807) is 6.20 Å². The lowest BCUT2D eigenvalue weighted by atomic mass is 9.97. The highest BCUT2D eigenvalue weighted by molar-refractivity contribution is 5.80. The van der Waals surface area contributed by atoms with Crippen LogP contribution in [0.25, 0.3) is 22.5 Å². The highest BCUT2D eigenvalue weighted by Crippen LogP contribution is 2.32. The molecule has 0 spiro atoms. The first-order valence-electron chi connectivity index (χ1n) is 7.19. The summed E-state index contributed by atoms with van der Waals surface area (Å²) in [6, 6.07) is 14.3. The van der Waals surface area contributed by atoms with Crippen LogP contribution in [-0.2, 0) is 6.42 Å². The van der Waals surface area contributed by atoms with E-state index in [1.165, 1.54) is 0 Å². The average Bonchev–Trinajstić information content (AvgIpc) is 3.01. The van der Waals surface area contributed by atoms with Crippen LogP contribution >= 0.6 is 0 Å². The number of rotatable bonds is 4. The maximum Gasteiger partial charge on any atom is 0.168 e. The second kappa shape index (κ2) is 5.92. The van der Waals surface area contributed by atoms with Crippen molar-refractivity contribution in [1.82, 2.24) is 10.1 Å². The van der Waals surface area contributed by atoms with Gasteiger partial charge in [-0.15, -0.1) is 0 Å². The number of aromatic nitrogens is 2. The van der Waals surface area contributed by atoms with Crippen molar-refractivity contribution < 1.29 is 4.52 Å². The second-order valence-corrected chi connectivity index (χ2v) is 5.56. The molecule has 3 aromatic rings. The van der Waals surface area contributed by atoms with Crippen LogP contribution in [0.15, 0.2) is 59.4 Å². The lowest BCUT2D eigenvalue weighted by Gasteiger charge is -2.11. The van der Waals surface area contributed by atoms with E-state index in [1.807, 2.05) is 30.5 Å². The van der Waals surface area contributed by atoms with E-state index in [9.17, 15) is 0 Å². The van der Waals surface area contributed by atoms with Crippen LogP contribution in [0.4, 0.5) is 0 Å². The van der Waals surface area contributed by atoms with E-state index >= 15 is 0 Å². The van der Waals surface area contributed by atoms with Gasteiger partial charge in [0.1, 0.15) is 0 Å². The van der Waals surface area contributed by atoms with Gasteiger partial charge in [0.05, 0.1) is 6.20 Å². The highest BCUT2D eigenvalue weighted by atomic mass is 16.5. The van der Waals surface area contributed by atoms with Crippen LogP contribution in [0.1, 0.15) is 19.5 Å². The normalized spacial score (nSPS) is 11.0. The van der Waals surface area contributed by atoms with Gasteiger partial charge in [-0.1, -0.05) is 49.3 Å². The van der Waals surface area contributed by atoms with Gasteiger partial charge in [0.15, 0.2) is 5.76 Å². The zero-order valence-corrected chi connectivity index (χ0v) is 12.3. The molecule has 2 aromatic heterocycles. The molecule has 0 aliphatic carbocycles.